The molecule has 0 radical (unpaired) electrons. The van der Waals surface area contributed by atoms with E-state index in [1.54, 1.807) is 24.5 Å². The fraction of sp³-hybridized carbons (Fsp3) is 0.500. The lowest BCUT2D eigenvalue weighted by molar-refractivity contribution is 0.0787. The molecule has 0 spiro atoms. The quantitative estimate of drug-likeness (QED) is 0.853. The number of carbonyl (C=O) groups excluding carboxylic acids is 1. The van der Waals surface area contributed by atoms with Crippen LogP contribution in [0.25, 0.3) is 0 Å². The van der Waals surface area contributed by atoms with Crippen LogP contribution in [0, 0.1) is 12.8 Å². The van der Waals surface area contributed by atoms with Gasteiger partial charge in [-0.25, -0.2) is 4.98 Å². The van der Waals surface area contributed by atoms with Crippen LogP contribution < -0.4 is 0 Å². The van der Waals surface area contributed by atoms with Gasteiger partial charge >= 0.3 is 0 Å². The van der Waals surface area contributed by atoms with Crippen LogP contribution >= 0.6 is 0 Å². The third kappa shape index (κ3) is 3.44. The lowest BCUT2D eigenvalue weighted by atomic mass is 10.0. The average molecular weight is 312 g/mol. The maximum atomic E-state index is 12.5. The van der Waals surface area contributed by atoms with E-state index in [-0.39, 0.29) is 5.91 Å². The molecule has 1 atom stereocenters. The third-order valence-corrected chi connectivity index (χ3v) is 4.56. The molecule has 1 aliphatic rings. The van der Waals surface area contributed by atoms with Gasteiger partial charge in [-0.3, -0.25) is 9.78 Å². The summed E-state index contributed by atoms with van der Waals surface area (Å²) < 4.78 is 2.31. The Kier molecular flexibility index (Phi) is 4.74. The summed E-state index contributed by atoms with van der Waals surface area (Å²) in [7, 11) is 0. The highest BCUT2D eigenvalue weighted by atomic mass is 16.2. The molecule has 5 heteroatoms. The van der Waals surface area contributed by atoms with Gasteiger partial charge in [0.2, 0.25) is 0 Å². The average Bonchev–Trinajstić information content (AvgIpc) is 3.17. The lowest BCUT2D eigenvalue weighted by Crippen LogP contribution is -2.29. The number of nitrogens with zero attached hydrogens (tertiary/aromatic N) is 4. The highest BCUT2D eigenvalue weighted by Gasteiger charge is 2.28. The monoisotopic (exact) mass is 312 g/mol. The van der Waals surface area contributed by atoms with Crippen molar-refractivity contribution in [2.45, 2.75) is 39.7 Å². The molecule has 0 saturated carbocycles. The molecule has 23 heavy (non-hydrogen) atoms. The van der Waals surface area contributed by atoms with E-state index < -0.39 is 0 Å². The summed E-state index contributed by atoms with van der Waals surface area (Å²) in [6.07, 6.45) is 8.42. The third-order valence-electron chi connectivity index (χ3n) is 4.56. The second-order valence-electron chi connectivity index (χ2n) is 6.31. The molecule has 0 aliphatic carbocycles. The van der Waals surface area contributed by atoms with Crippen LogP contribution in [-0.4, -0.2) is 38.4 Å². The first-order valence-electron chi connectivity index (χ1n) is 8.39. The van der Waals surface area contributed by atoms with Crippen LogP contribution in [0.2, 0.25) is 0 Å². The molecule has 122 valence electrons. The van der Waals surface area contributed by atoms with Gasteiger partial charge in [0.25, 0.3) is 5.91 Å². The number of hydrogen-bond donors (Lipinski definition) is 0. The number of amides is 1. The van der Waals surface area contributed by atoms with Gasteiger partial charge in [0.15, 0.2) is 0 Å². The van der Waals surface area contributed by atoms with Crippen molar-refractivity contribution in [1.29, 1.82) is 0 Å². The van der Waals surface area contributed by atoms with Gasteiger partial charge in [-0.1, -0.05) is 6.92 Å². The minimum atomic E-state index is 0.114. The Hall–Kier alpha value is -2.17. The van der Waals surface area contributed by atoms with Gasteiger partial charge in [-0.05, 0) is 37.8 Å². The summed E-state index contributed by atoms with van der Waals surface area (Å²) in [5.41, 5.74) is 1.95. The fourth-order valence-corrected chi connectivity index (χ4v) is 3.32. The van der Waals surface area contributed by atoms with E-state index >= 15 is 0 Å². The number of likely N-dealkylation sites (tertiary alicyclic amines) is 1. The van der Waals surface area contributed by atoms with Crippen LogP contribution in [0.3, 0.4) is 0 Å². The van der Waals surface area contributed by atoms with Crippen molar-refractivity contribution in [3.8, 4) is 0 Å². The van der Waals surface area contributed by atoms with Gasteiger partial charge in [0.05, 0.1) is 0 Å². The first-order valence-corrected chi connectivity index (χ1v) is 8.39. The zero-order valence-corrected chi connectivity index (χ0v) is 13.9. The van der Waals surface area contributed by atoms with E-state index in [1.165, 1.54) is 5.69 Å². The molecule has 1 fully saturated rings. The number of carbonyl (C=O) groups is 1. The topological polar surface area (TPSA) is 51.0 Å². The second kappa shape index (κ2) is 6.94. The van der Waals surface area contributed by atoms with E-state index in [2.05, 4.69) is 28.4 Å². The Morgan fingerprint density at radius 2 is 2.13 bits per heavy atom. The molecular weight excluding hydrogens is 288 g/mol. The molecule has 0 bridgehead atoms. The molecule has 1 aliphatic heterocycles. The van der Waals surface area contributed by atoms with Crippen LogP contribution in [0.5, 0.6) is 0 Å². The fourth-order valence-electron chi connectivity index (χ4n) is 3.32. The molecule has 0 aromatic carbocycles. The van der Waals surface area contributed by atoms with E-state index in [4.69, 9.17) is 0 Å². The molecule has 1 saturated heterocycles. The van der Waals surface area contributed by atoms with E-state index in [9.17, 15) is 4.79 Å². The van der Waals surface area contributed by atoms with Gasteiger partial charge in [0, 0.05) is 55.9 Å². The highest BCUT2D eigenvalue weighted by Crippen LogP contribution is 2.22. The summed E-state index contributed by atoms with van der Waals surface area (Å²) in [5.74, 6) is 1.77. The van der Waals surface area contributed by atoms with Crippen molar-refractivity contribution in [2.75, 3.05) is 13.1 Å². The normalized spacial score (nSPS) is 17.7. The van der Waals surface area contributed by atoms with Gasteiger partial charge < -0.3 is 9.47 Å². The van der Waals surface area contributed by atoms with Crippen LogP contribution in [-0.2, 0) is 13.0 Å². The number of aromatic nitrogens is 3. The number of aryl methyl sites for hydroxylation is 1. The summed E-state index contributed by atoms with van der Waals surface area (Å²) in [6.45, 7) is 6.97. The summed E-state index contributed by atoms with van der Waals surface area (Å²) in [5, 5.41) is 0. The Balaban J connectivity index is 1.63. The molecule has 5 nitrogen and oxygen atoms in total. The molecule has 1 amide bonds. The number of hydrogen-bond acceptors (Lipinski definition) is 3. The SMILES string of the molecule is CCCn1c(C)cnc1CC1CCN(C(=O)c2ccncc2)C1. The zero-order chi connectivity index (χ0) is 16.2. The number of rotatable bonds is 5. The van der Waals surface area contributed by atoms with Gasteiger partial charge in [-0.2, -0.15) is 0 Å². The second-order valence-corrected chi connectivity index (χ2v) is 6.31. The summed E-state index contributed by atoms with van der Waals surface area (Å²) in [4.78, 5) is 23.0. The lowest BCUT2D eigenvalue weighted by Gasteiger charge is -2.17. The predicted molar refractivity (Wildman–Crippen MR) is 89.2 cm³/mol. The van der Waals surface area contributed by atoms with E-state index in [1.807, 2.05) is 11.1 Å². The Morgan fingerprint density at radius 1 is 1.35 bits per heavy atom. The maximum absolute atomic E-state index is 12.5. The molecule has 3 heterocycles. The molecule has 2 aromatic rings. The Morgan fingerprint density at radius 3 is 2.87 bits per heavy atom. The van der Waals surface area contributed by atoms with Crippen LogP contribution in [0.4, 0.5) is 0 Å². The van der Waals surface area contributed by atoms with Crippen molar-refractivity contribution in [3.05, 3.63) is 47.8 Å². The number of pyridine rings is 1. The summed E-state index contributed by atoms with van der Waals surface area (Å²) in [6, 6.07) is 3.57. The van der Waals surface area contributed by atoms with Crippen LogP contribution in [0.1, 0.15) is 41.6 Å². The largest absolute Gasteiger partial charge is 0.338 e. The molecule has 1 unspecified atom stereocenters. The van der Waals surface area contributed by atoms with Crippen molar-refractivity contribution >= 4 is 5.91 Å². The predicted octanol–water partition coefficient (Wildman–Crippen LogP) is 2.70. The van der Waals surface area contributed by atoms with Crippen molar-refractivity contribution in [3.63, 3.8) is 0 Å². The van der Waals surface area contributed by atoms with Crippen LogP contribution in [0.15, 0.2) is 30.7 Å². The van der Waals surface area contributed by atoms with E-state index in [0.29, 0.717) is 5.92 Å². The molecule has 0 N–H and O–H groups in total. The standard InChI is InChI=1S/C18H24N4O/c1-3-9-22-14(2)12-20-17(22)11-15-6-10-21(13-15)18(23)16-4-7-19-8-5-16/h4-5,7-8,12,15H,3,6,9-11,13H2,1-2H3. The van der Waals surface area contributed by atoms with Crippen molar-refractivity contribution in [1.82, 2.24) is 19.4 Å². The molecule has 2 aromatic heterocycles. The number of imidazole rings is 1. The minimum absolute atomic E-state index is 0.114. The molecule has 3 rings (SSSR count). The first kappa shape index (κ1) is 15.7. The smallest absolute Gasteiger partial charge is 0.253 e. The Bertz CT molecular complexity index is 665. The van der Waals surface area contributed by atoms with E-state index in [0.717, 1.165) is 50.3 Å². The van der Waals surface area contributed by atoms with Gasteiger partial charge in [-0.15, -0.1) is 0 Å². The molecular formula is C18H24N4O. The van der Waals surface area contributed by atoms with Crippen molar-refractivity contribution < 1.29 is 4.79 Å². The summed E-state index contributed by atoms with van der Waals surface area (Å²) >= 11 is 0. The maximum Gasteiger partial charge on any atom is 0.253 e. The first-order chi connectivity index (χ1) is 11.2. The highest BCUT2D eigenvalue weighted by molar-refractivity contribution is 5.94. The Labute approximate surface area is 137 Å². The zero-order valence-electron chi connectivity index (χ0n) is 13.9. The van der Waals surface area contributed by atoms with Gasteiger partial charge in [0.1, 0.15) is 5.82 Å². The van der Waals surface area contributed by atoms with Crippen molar-refractivity contribution in [2.24, 2.45) is 5.92 Å². The minimum Gasteiger partial charge on any atom is -0.338 e.